The molecule has 0 radical (unpaired) electrons. The number of alkyl halides is 3. The van der Waals surface area contributed by atoms with Crippen molar-refractivity contribution in [1.82, 2.24) is 10.2 Å². The summed E-state index contributed by atoms with van der Waals surface area (Å²) in [6.07, 6.45) is -3.80. The van der Waals surface area contributed by atoms with E-state index < -0.39 is 27.8 Å². The van der Waals surface area contributed by atoms with Crippen LogP contribution in [0.5, 0.6) is 0 Å². The van der Waals surface area contributed by atoms with Crippen LogP contribution in [0.3, 0.4) is 0 Å². The van der Waals surface area contributed by atoms with Crippen LogP contribution < -0.4 is 9.62 Å². The number of carbonyl (C=O) groups excluding carboxylic acids is 2. The Morgan fingerprint density at radius 3 is 2.22 bits per heavy atom. The van der Waals surface area contributed by atoms with Crippen molar-refractivity contribution in [2.24, 2.45) is 0 Å². The van der Waals surface area contributed by atoms with E-state index in [-0.39, 0.29) is 49.5 Å². The molecule has 0 aliphatic heterocycles. The lowest BCUT2D eigenvalue weighted by Crippen LogP contribution is -2.49. The number of nitrogens with zero attached hydrogens (tertiary/aromatic N) is 2. The zero-order valence-corrected chi connectivity index (χ0v) is 23.5. The van der Waals surface area contributed by atoms with E-state index in [4.69, 9.17) is 0 Å². The molecule has 12 heteroatoms. The molecule has 2 amide bonds. The van der Waals surface area contributed by atoms with Crippen molar-refractivity contribution < 1.29 is 31.2 Å². The first kappa shape index (κ1) is 30.6. The maximum atomic E-state index is 13.2. The van der Waals surface area contributed by atoms with Crippen molar-refractivity contribution in [3.8, 4) is 0 Å². The van der Waals surface area contributed by atoms with Gasteiger partial charge >= 0.3 is 6.18 Å². The van der Waals surface area contributed by atoms with Crippen molar-refractivity contribution in [3.05, 3.63) is 64.1 Å². The number of carbonyl (C=O) groups is 2. The summed E-state index contributed by atoms with van der Waals surface area (Å²) in [4.78, 5) is 27.3. The molecule has 0 heterocycles. The minimum Gasteiger partial charge on any atom is -0.352 e. The van der Waals surface area contributed by atoms with E-state index in [1.807, 2.05) is 24.3 Å². The summed E-state index contributed by atoms with van der Waals surface area (Å²) >= 11 is 3.36. The molecule has 0 aliphatic carbocycles. The molecule has 2 rings (SSSR count). The van der Waals surface area contributed by atoms with Crippen molar-refractivity contribution in [2.75, 3.05) is 17.1 Å². The maximum Gasteiger partial charge on any atom is 0.416 e. The number of benzene rings is 2. The number of halogens is 4. The van der Waals surface area contributed by atoms with Gasteiger partial charge in [-0.15, -0.1) is 0 Å². The Kier molecular flexibility index (Phi) is 10.6. The van der Waals surface area contributed by atoms with Crippen molar-refractivity contribution in [3.63, 3.8) is 0 Å². The Balaban J connectivity index is 2.21. The molecule has 7 nitrogen and oxygen atoms in total. The molecular formula is C25H31BrF3N3O4S. The monoisotopic (exact) mass is 605 g/mol. The number of amides is 2. The fraction of sp³-hybridized carbons (Fsp3) is 0.440. The minimum atomic E-state index is -4.63. The van der Waals surface area contributed by atoms with E-state index in [1.54, 1.807) is 20.8 Å². The highest BCUT2D eigenvalue weighted by molar-refractivity contribution is 9.10. The second-order valence-corrected chi connectivity index (χ2v) is 11.8. The lowest BCUT2D eigenvalue weighted by molar-refractivity contribution is -0.140. The molecule has 1 N–H and O–H groups in total. The number of rotatable bonds is 11. The van der Waals surface area contributed by atoms with Crippen LogP contribution in [0.25, 0.3) is 0 Å². The molecule has 0 aromatic heterocycles. The van der Waals surface area contributed by atoms with Crippen molar-refractivity contribution in [1.29, 1.82) is 0 Å². The summed E-state index contributed by atoms with van der Waals surface area (Å²) < 4.78 is 65.9. The van der Waals surface area contributed by atoms with Crippen LogP contribution in [0, 0.1) is 0 Å². The second kappa shape index (κ2) is 12.8. The molecule has 0 saturated carbocycles. The molecule has 0 bridgehead atoms. The normalized spacial score (nSPS) is 12.8. The summed E-state index contributed by atoms with van der Waals surface area (Å²) in [5.74, 6) is -0.714. The first-order chi connectivity index (χ1) is 17.1. The predicted molar refractivity (Wildman–Crippen MR) is 140 cm³/mol. The van der Waals surface area contributed by atoms with Gasteiger partial charge in [0.2, 0.25) is 21.8 Å². The highest BCUT2D eigenvalue weighted by Crippen LogP contribution is 2.32. The van der Waals surface area contributed by atoms with E-state index in [2.05, 4.69) is 21.2 Å². The highest BCUT2D eigenvalue weighted by Gasteiger charge is 2.32. The summed E-state index contributed by atoms with van der Waals surface area (Å²) in [7, 11) is -3.92. The Hall–Kier alpha value is -2.60. The Morgan fingerprint density at radius 1 is 1.05 bits per heavy atom. The summed E-state index contributed by atoms with van der Waals surface area (Å²) in [5, 5.41) is 2.79. The lowest BCUT2D eigenvalue weighted by atomic mass is 10.1. The maximum absolute atomic E-state index is 13.2. The van der Waals surface area contributed by atoms with Gasteiger partial charge in [-0.25, -0.2) is 8.42 Å². The third-order valence-electron chi connectivity index (χ3n) is 5.48. The van der Waals surface area contributed by atoms with Gasteiger partial charge in [-0.1, -0.05) is 34.1 Å². The molecule has 2 aromatic rings. The van der Waals surface area contributed by atoms with Gasteiger partial charge in [0.1, 0.15) is 6.04 Å². The zero-order chi connectivity index (χ0) is 28.0. The number of hydrogen-bond donors (Lipinski definition) is 1. The van der Waals surface area contributed by atoms with Crippen LogP contribution in [0.15, 0.2) is 53.0 Å². The third-order valence-corrected chi connectivity index (χ3v) is 7.20. The van der Waals surface area contributed by atoms with E-state index in [9.17, 15) is 31.2 Å². The topological polar surface area (TPSA) is 86.8 Å². The second-order valence-electron chi connectivity index (χ2n) is 8.97. The molecule has 204 valence electrons. The number of sulfonamides is 1. The first-order valence-electron chi connectivity index (χ1n) is 11.6. The third kappa shape index (κ3) is 9.33. The van der Waals surface area contributed by atoms with Crippen molar-refractivity contribution in [2.45, 2.75) is 58.4 Å². The summed E-state index contributed by atoms with van der Waals surface area (Å²) in [5.41, 5.74) is -0.316. The Labute approximate surface area is 224 Å². The largest absolute Gasteiger partial charge is 0.416 e. The average molecular weight is 607 g/mol. The number of nitrogens with one attached hydrogen (secondary N) is 1. The molecule has 0 spiro atoms. The van der Waals surface area contributed by atoms with Crippen molar-refractivity contribution >= 4 is 43.5 Å². The van der Waals surface area contributed by atoms with Gasteiger partial charge in [-0.05, 0) is 63.1 Å². The van der Waals surface area contributed by atoms with Gasteiger partial charge in [-0.3, -0.25) is 13.9 Å². The fourth-order valence-corrected chi connectivity index (χ4v) is 4.84. The molecule has 37 heavy (non-hydrogen) atoms. The van der Waals surface area contributed by atoms with Crippen LogP contribution in [0.4, 0.5) is 18.9 Å². The summed E-state index contributed by atoms with van der Waals surface area (Å²) in [6.45, 7) is 5.17. The quantitative estimate of drug-likeness (QED) is 0.392. The highest BCUT2D eigenvalue weighted by atomic mass is 79.9. The van der Waals surface area contributed by atoms with Gasteiger partial charge in [0.05, 0.1) is 17.5 Å². The molecule has 0 unspecified atom stereocenters. The van der Waals surface area contributed by atoms with Gasteiger partial charge in [-0.2, -0.15) is 13.2 Å². The lowest BCUT2D eigenvalue weighted by Gasteiger charge is -2.30. The van der Waals surface area contributed by atoms with Crippen LogP contribution in [0.1, 0.15) is 44.7 Å². The molecule has 1 atom stereocenters. The van der Waals surface area contributed by atoms with E-state index in [1.165, 1.54) is 11.0 Å². The molecule has 0 fully saturated rings. The van der Waals surface area contributed by atoms with E-state index >= 15 is 0 Å². The Morgan fingerprint density at radius 2 is 1.68 bits per heavy atom. The average Bonchev–Trinajstić information content (AvgIpc) is 2.79. The van der Waals surface area contributed by atoms with Gasteiger partial charge in [0, 0.05) is 30.0 Å². The summed E-state index contributed by atoms with van der Waals surface area (Å²) in [6, 6.07) is 10.4. The molecule has 0 saturated heterocycles. The molecular weight excluding hydrogens is 575 g/mol. The van der Waals surface area contributed by atoms with Gasteiger partial charge in [0.25, 0.3) is 0 Å². The SMILES string of the molecule is CC(C)NC(=O)[C@@H](C)N(Cc1ccc(Br)cc1)C(=O)CCCN(c1cccc(C(F)(F)F)c1)S(C)(=O)=O. The molecule has 0 aliphatic rings. The van der Waals surface area contributed by atoms with Gasteiger partial charge in [0.15, 0.2) is 0 Å². The number of hydrogen-bond acceptors (Lipinski definition) is 4. The zero-order valence-electron chi connectivity index (χ0n) is 21.0. The van der Waals surface area contributed by atoms with Crippen LogP contribution >= 0.6 is 15.9 Å². The molecule has 2 aromatic carbocycles. The Bertz CT molecular complexity index is 1190. The van der Waals surface area contributed by atoms with Crippen LogP contribution in [0.2, 0.25) is 0 Å². The fourth-order valence-electron chi connectivity index (χ4n) is 3.62. The van der Waals surface area contributed by atoms with Crippen LogP contribution in [-0.2, 0) is 32.3 Å². The number of anilines is 1. The minimum absolute atomic E-state index is 0.0392. The van der Waals surface area contributed by atoms with E-state index in [0.717, 1.165) is 38.8 Å². The van der Waals surface area contributed by atoms with Crippen LogP contribution in [-0.4, -0.2) is 50.0 Å². The smallest absolute Gasteiger partial charge is 0.352 e. The first-order valence-corrected chi connectivity index (χ1v) is 14.2. The predicted octanol–water partition coefficient (Wildman–Crippen LogP) is 4.96. The standard InChI is InChI=1S/C25H31BrF3N3O4S/c1-17(2)30-24(34)18(3)31(16-19-10-12-21(26)13-11-19)23(33)9-6-14-32(37(4,35)36)22-8-5-7-20(15-22)25(27,28)29/h5,7-8,10-13,15,17-18H,6,9,14,16H2,1-4H3,(H,30,34)/t18-/m1/s1. The van der Waals surface area contributed by atoms with Gasteiger partial charge < -0.3 is 10.2 Å². The van der Waals surface area contributed by atoms with E-state index in [0.29, 0.717) is 0 Å².